The standard InChI is InChI=1S/C15H17N3O3/c1-9-4-6-12(7-5-9)15(20)16-11(3)14(19)17-13-8-10(2)21-18-13/h4-8,11H,1-3H3,(H,16,20)(H,17,18,19)/t11-/m0/s1. The predicted octanol–water partition coefficient (Wildman–Crippen LogP) is 2.05. The summed E-state index contributed by atoms with van der Waals surface area (Å²) in [5, 5.41) is 8.87. The Morgan fingerprint density at radius 2 is 1.86 bits per heavy atom. The third kappa shape index (κ3) is 3.92. The van der Waals surface area contributed by atoms with Gasteiger partial charge < -0.3 is 15.2 Å². The number of nitrogens with one attached hydrogen (secondary N) is 2. The lowest BCUT2D eigenvalue weighted by molar-refractivity contribution is -0.117. The lowest BCUT2D eigenvalue weighted by atomic mass is 10.1. The van der Waals surface area contributed by atoms with Crippen molar-refractivity contribution in [2.75, 3.05) is 5.32 Å². The maximum Gasteiger partial charge on any atom is 0.251 e. The molecular weight excluding hydrogens is 270 g/mol. The Kier molecular flexibility index (Phi) is 4.37. The first-order valence-electron chi connectivity index (χ1n) is 6.57. The summed E-state index contributed by atoms with van der Waals surface area (Å²) in [6.45, 7) is 5.28. The number of benzene rings is 1. The van der Waals surface area contributed by atoms with Crippen molar-refractivity contribution in [2.45, 2.75) is 26.8 Å². The number of rotatable bonds is 4. The van der Waals surface area contributed by atoms with Gasteiger partial charge in [0.15, 0.2) is 5.82 Å². The van der Waals surface area contributed by atoms with Crippen molar-refractivity contribution < 1.29 is 14.1 Å². The van der Waals surface area contributed by atoms with E-state index in [0.29, 0.717) is 17.1 Å². The van der Waals surface area contributed by atoms with Crippen LogP contribution >= 0.6 is 0 Å². The van der Waals surface area contributed by atoms with Gasteiger partial charge >= 0.3 is 0 Å². The van der Waals surface area contributed by atoms with Crippen molar-refractivity contribution in [3.05, 3.63) is 47.2 Å². The van der Waals surface area contributed by atoms with Gasteiger partial charge in [0, 0.05) is 11.6 Å². The largest absolute Gasteiger partial charge is 0.360 e. The number of amides is 2. The zero-order chi connectivity index (χ0) is 15.4. The number of nitrogens with zero attached hydrogens (tertiary/aromatic N) is 1. The Morgan fingerprint density at radius 1 is 1.19 bits per heavy atom. The van der Waals surface area contributed by atoms with E-state index in [-0.39, 0.29) is 11.8 Å². The molecule has 0 bridgehead atoms. The van der Waals surface area contributed by atoms with E-state index in [2.05, 4.69) is 15.8 Å². The number of carbonyl (C=O) groups excluding carboxylic acids is 2. The van der Waals surface area contributed by atoms with Crippen molar-refractivity contribution in [2.24, 2.45) is 0 Å². The number of aromatic nitrogens is 1. The van der Waals surface area contributed by atoms with Crippen LogP contribution in [0.5, 0.6) is 0 Å². The van der Waals surface area contributed by atoms with Crippen molar-refractivity contribution in [3.63, 3.8) is 0 Å². The highest BCUT2D eigenvalue weighted by molar-refractivity contribution is 6.00. The Bertz CT molecular complexity index is 646. The molecule has 0 saturated carbocycles. The van der Waals surface area contributed by atoms with E-state index >= 15 is 0 Å². The summed E-state index contributed by atoms with van der Waals surface area (Å²) in [5.41, 5.74) is 1.58. The third-order valence-electron chi connectivity index (χ3n) is 2.93. The van der Waals surface area contributed by atoms with Crippen LogP contribution in [0.1, 0.15) is 28.6 Å². The minimum absolute atomic E-state index is 0.297. The Balaban J connectivity index is 1.93. The van der Waals surface area contributed by atoms with Crippen LogP contribution in [-0.2, 0) is 4.79 Å². The second-order valence-corrected chi connectivity index (χ2v) is 4.87. The molecule has 2 aromatic rings. The van der Waals surface area contributed by atoms with E-state index in [1.165, 1.54) is 0 Å². The molecule has 2 amide bonds. The van der Waals surface area contributed by atoms with Gasteiger partial charge in [-0.1, -0.05) is 22.9 Å². The molecule has 2 N–H and O–H groups in total. The molecule has 6 heteroatoms. The van der Waals surface area contributed by atoms with Crippen molar-refractivity contribution in [1.82, 2.24) is 10.5 Å². The van der Waals surface area contributed by atoms with Gasteiger partial charge in [-0.25, -0.2) is 0 Å². The Labute approximate surface area is 122 Å². The molecule has 1 heterocycles. The number of aryl methyl sites for hydroxylation is 2. The summed E-state index contributed by atoms with van der Waals surface area (Å²) in [5.74, 6) is 0.272. The van der Waals surface area contributed by atoms with Gasteiger partial charge in [0.2, 0.25) is 5.91 Å². The third-order valence-corrected chi connectivity index (χ3v) is 2.93. The average Bonchev–Trinajstić information content (AvgIpc) is 2.84. The zero-order valence-corrected chi connectivity index (χ0v) is 12.1. The quantitative estimate of drug-likeness (QED) is 0.901. The van der Waals surface area contributed by atoms with E-state index in [0.717, 1.165) is 5.56 Å². The van der Waals surface area contributed by atoms with Gasteiger partial charge in [-0.3, -0.25) is 9.59 Å². The van der Waals surface area contributed by atoms with Gasteiger partial charge in [0.05, 0.1) is 0 Å². The summed E-state index contributed by atoms with van der Waals surface area (Å²) < 4.78 is 4.85. The second kappa shape index (κ2) is 6.21. The zero-order valence-electron chi connectivity index (χ0n) is 12.1. The first kappa shape index (κ1) is 14.8. The molecule has 0 fully saturated rings. The van der Waals surface area contributed by atoms with Gasteiger partial charge in [0.25, 0.3) is 5.91 Å². The maximum absolute atomic E-state index is 12.0. The second-order valence-electron chi connectivity index (χ2n) is 4.87. The van der Waals surface area contributed by atoms with E-state index in [4.69, 9.17) is 4.52 Å². The fraction of sp³-hybridized carbons (Fsp3) is 0.267. The number of carbonyl (C=O) groups is 2. The van der Waals surface area contributed by atoms with Crippen LogP contribution in [0, 0.1) is 13.8 Å². The van der Waals surface area contributed by atoms with Crippen molar-refractivity contribution in [1.29, 1.82) is 0 Å². The van der Waals surface area contributed by atoms with Gasteiger partial charge in [-0.2, -0.15) is 0 Å². The monoisotopic (exact) mass is 287 g/mol. The van der Waals surface area contributed by atoms with E-state index in [1.54, 1.807) is 32.0 Å². The first-order valence-corrected chi connectivity index (χ1v) is 6.57. The van der Waals surface area contributed by atoms with Gasteiger partial charge in [0.1, 0.15) is 11.8 Å². The highest BCUT2D eigenvalue weighted by Gasteiger charge is 2.17. The molecular formula is C15H17N3O3. The fourth-order valence-corrected chi connectivity index (χ4v) is 1.71. The number of hydrogen-bond acceptors (Lipinski definition) is 4. The van der Waals surface area contributed by atoms with E-state index in [1.807, 2.05) is 19.1 Å². The van der Waals surface area contributed by atoms with Crippen molar-refractivity contribution >= 4 is 17.6 Å². The molecule has 1 aromatic heterocycles. The lowest BCUT2D eigenvalue weighted by Gasteiger charge is -2.13. The SMILES string of the molecule is Cc1ccc(C(=O)N[C@@H](C)C(=O)Nc2cc(C)on2)cc1. The van der Waals surface area contributed by atoms with Gasteiger partial charge in [-0.05, 0) is 32.9 Å². The first-order chi connectivity index (χ1) is 9.95. The molecule has 21 heavy (non-hydrogen) atoms. The summed E-state index contributed by atoms with van der Waals surface area (Å²) in [6, 6.07) is 8.05. The van der Waals surface area contributed by atoms with Crippen LogP contribution in [-0.4, -0.2) is 23.0 Å². The Morgan fingerprint density at radius 3 is 2.43 bits per heavy atom. The smallest absolute Gasteiger partial charge is 0.251 e. The molecule has 0 unspecified atom stereocenters. The highest BCUT2D eigenvalue weighted by atomic mass is 16.5. The normalized spacial score (nSPS) is 11.8. The van der Waals surface area contributed by atoms with Crippen LogP contribution in [0.3, 0.4) is 0 Å². The molecule has 2 rings (SSSR count). The molecule has 0 aliphatic carbocycles. The van der Waals surface area contributed by atoms with E-state index in [9.17, 15) is 9.59 Å². The summed E-state index contributed by atoms with van der Waals surface area (Å²) in [4.78, 5) is 23.9. The molecule has 0 aliphatic heterocycles. The minimum Gasteiger partial charge on any atom is -0.360 e. The molecule has 1 atom stereocenters. The molecule has 0 spiro atoms. The van der Waals surface area contributed by atoms with Crippen LogP contribution < -0.4 is 10.6 Å². The van der Waals surface area contributed by atoms with Crippen LogP contribution in [0.15, 0.2) is 34.9 Å². The predicted molar refractivity (Wildman–Crippen MR) is 78.0 cm³/mol. The number of anilines is 1. The lowest BCUT2D eigenvalue weighted by Crippen LogP contribution is -2.41. The van der Waals surface area contributed by atoms with E-state index < -0.39 is 6.04 Å². The average molecular weight is 287 g/mol. The topological polar surface area (TPSA) is 84.2 Å². The molecule has 1 aromatic carbocycles. The fourth-order valence-electron chi connectivity index (χ4n) is 1.71. The maximum atomic E-state index is 12.0. The van der Waals surface area contributed by atoms with Crippen molar-refractivity contribution in [3.8, 4) is 0 Å². The number of hydrogen-bond donors (Lipinski definition) is 2. The summed E-state index contributed by atoms with van der Waals surface area (Å²) in [6.07, 6.45) is 0. The molecule has 0 radical (unpaired) electrons. The summed E-state index contributed by atoms with van der Waals surface area (Å²) in [7, 11) is 0. The van der Waals surface area contributed by atoms with Crippen LogP contribution in [0.2, 0.25) is 0 Å². The Hall–Kier alpha value is -2.63. The summed E-state index contributed by atoms with van der Waals surface area (Å²) >= 11 is 0. The molecule has 6 nitrogen and oxygen atoms in total. The molecule has 0 saturated heterocycles. The molecule has 110 valence electrons. The van der Waals surface area contributed by atoms with Crippen LogP contribution in [0.4, 0.5) is 5.82 Å². The molecule has 0 aliphatic rings. The minimum atomic E-state index is -0.684. The van der Waals surface area contributed by atoms with Gasteiger partial charge in [-0.15, -0.1) is 0 Å². The van der Waals surface area contributed by atoms with Crippen LogP contribution in [0.25, 0.3) is 0 Å². The highest BCUT2D eigenvalue weighted by Crippen LogP contribution is 2.08.